The van der Waals surface area contributed by atoms with Crippen molar-refractivity contribution in [2.75, 3.05) is 13.2 Å². The van der Waals surface area contributed by atoms with Gasteiger partial charge in [0.25, 0.3) is 0 Å². The second-order valence-electron chi connectivity index (χ2n) is 4.96. The van der Waals surface area contributed by atoms with E-state index in [1.165, 1.54) is 18.2 Å². The van der Waals surface area contributed by atoms with Crippen molar-refractivity contribution in [2.24, 2.45) is 0 Å². The first-order chi connectivity index (χ1) is 9.58. The Bertz CT molecular complexity index is 469. The Labute approximate surface area is 123 Å². The third-order valence-electron chi connectivity index (χ3n) is 3.34. The lowest BCUT2D eigenvalue weighted by atomic mass is 9.96. The Morgan fingerprint density at radius 1 is 1.14 bits per heavy atom. The van der Waals surface area contributed by atoms with Crippen LogP contribution in [-0.4, -0.2) is 33.1 Å². The van der Waals surface area contributed by atoms with Gasteiger partial charge < -0.3 is 14.0 Å². The minimum Gasteiger partial charge on any atom is -0.391 e. The van der Waals surface area contributed by atoms with E-state index in [0.29, 0.717) is 18.4 Å². The molecule has 1 N–H and O–H groups in total. The zero-order chi connectivity index (χ0) is 16.3. The zero-order valence-corrected chi connectivity index (χ0v) is 13.6. The molecule has 3 nitrogen and oxygen atoms in total. The van der Waals surface area contributed by atoms with E-state index < -0.39 is 20.3 Å². The van der Waals surface area contributed by atoms with E-state index >= 15 is 0 Å². The number of aliphatic hydroxyl groups is 1. The molecule has 0 spiro atoms. The second kappa shape index (κ2) is 6.47. The van der Waals surface area contributed by atoms with Crippen LogP contribution in [0.3, 0.4) is 0 Å². The second-order valence-corrected chi connectivity index (χ2v) is 8.01. The number of hydrogen-bond acceptors (Lipinski definition) is 3. The minimum atomic E-state index is -4.75. The van der Waals surface area contributed by atoms with Gasteiger partial charge >= 0.3 is 14.7 Å². The van der Waals surface area contributed by atoms with Gasteiger partial charge in [-0.25, -0.2) is 0 Å². The topological polar surface area (TPSA) is 38.7 Å². The lowest BCUT2D eigenvalue weighted by Gasteiger charge is -2.30. The smallest absolute Gasteiger partial charge is 0.391 e. The first kappa shape index (κ1) is 18.2. The highest BCUT2D eigenvalue weighted by atomic mass is 28.4. The molecule has 0 radical (unpaired) electrons. The van der Waals surface area contributed by atoms with Crippen LogP contribution in [0.25, 0.3) is 0 Å². The highest BCUT2D eigenvalue weighted by Crippen LogP contribution is 2.38. The van der Waals surface area contributed by atoms with Gasteiger partial charge in [-0.3, -0.25) is 0 Å². The molecule has 1 aromatic rings. The van der Waals surface area contributed by atoms with Gasteiger partial charge in [-0.2, -0.15) is 13.2 Å². The maximum Gasteiger partial charge on any atom is 0.421 e. The van der Waals surface area contributed by atoms with Gasteiger partial charge in [-0.1, -0.05) is 24.3 Å². The van der Waals surface area contributed by atoms with Gasteiger partial charge in [0.1, 0.15) is 0 Å². The van der Waals surface area contributed by atoms with Crippen LogP contribution in [0.5, 0.6) is 0 Å². The van der Waals surface area contributed by atoms with Crippen molar-refractivity contribution in [3.8, 4) is 0 Å². The molecule has 1 unspecified atom stereocenters. The third kappa shape index (κ3) is 3.85. The Morgan fingerprint density at radius 2 is 1.67 bits per heavy atom. The van der Waals surface area contributed by atoms with Gasteiger partial charge in [0.15, 0.2) is 5.60 Å². The van der Waals surface area contributed by atoms with Gasteiger partial charge in [0.2, 0.25) is 0 Å². The SMILES string of the molecule is CCO[Si](C)(OCC)c1cccc(C(C)(O)C(F)(F)F)c1. The van der Waals surface area contributed by atoms with Crippen molar-refractivity contribution < 1.29 is 27.1 Å². The largest absolute Gasteiger partial charge is 0.421 e. The Hall–Kier alpha value is -0.893. The number of rotatable bonds is 6. The molecule has 0 aliphatic rings. The number of hydrogen-bond donors (Lipinski definition) is 1. The van der Waals surface area contributed by atoms with Gasteiger partial charge in [-0.05, 0) is 38.1 Å². The molecule has 7 heteroatoms. The predicted molar refractivity (Wildman–Crippen MR) is 76.6 cm³/mol. The zero-order valence-electron chi connectivity index (χ0n) is 12.6. The van der Waals surface area contributed by atoms with E-state index in [4.69, 9.17) is 8.85 Å². The summed E-state index contributed by atoms with van der Waals surface area (Å²) in [6.07, 6.45) is -4.75. The molecule has 1 aromatic carbocycles. The molecular weight excluding hydrogens is 301 g/mol. The molecule has 1 atom stereocenters. The van der Waals surface area contributed by atoms with Crippen molar-refractivity contribution in [3.63, 3.8) is 0 Å². The van der Waals surface area contributed by atoms with E-state index in [2.05, 4.69) is 0 Å². The Balaban J connectivity index is 3.27. The lowest BCUT2D eigenvalue weighted by molar-refractivity contribution is -0.258. The number of benzene rings is 1. The fourth-order valence-electron chi connectivity index (χ4n) is 2.03. The summed E-state index contributed by atoms with van der Waals surface area (Å²) >= 11 is 0. The quantitative estimate of drug-likeness (QED) is 0.819. The molecule has 0 bridgehead atoms. The lowest BCUT2D eigenvalue weighted by Crippen LogP contribution is -2.52. The summed E-state index contributed by atoms with van der Waals surface area (Å²) in [7, 11) is -2.77. The normalized spacial score (nSPS) is 15.8. The van der Waals surface area contributed by atoms with E-state index in [9.17, 15) is 18.3 Å². The maximum absolute atomic E-state index is 12.9. The van der Waals surface area contributed by atoms with E-state index in [0.717, 1.165) is 6.92 Å². The summed E-state index contributed by atoms with van der Waals surface area (Å²) in [5, 5.41) is 10.3. The number of alkyl halides is 3. The number of halogens is 3. The summed E-state index contributed by atoms with van der Waals surface area (Å²) < 4.78 is 50.2. The van der Waals surface area contributed by atoms with Crippen molar-refractivity contribution in [1.29, 1.82) is 0 Å². The fourth-order valence-corrected chi connectivity index (χ4v) is 4.36. The summed E-state index contributed by atoms with van der Waals surface area (Å²) in [5.41, 5.74) is -3.12. The van der Waals surface area contributed by atoms with Crippen LogP contribution in [0.1, 0.15) is 26.3 Å². The molecule has 0 heterocycles. The van der Waals surface area contributed by atoms with Gasteiger partial charge in [0.05, 0.1) is 0 Å². The predicted octanol–water partition coefficient (Wildman–Crippen LogP) is 2.81. The molecule has 21 heavy (non-hydrogen) atoms. The van der Waals surface area contributed by atoms with Crippen LogP contribution >= 0.6 is 0 Å². The van der Waals surface area contributed by atoms with E-state index in [1.807, 2.05) is 0 Å². The van der Waals surface area contributed by atoms with E-state index in [1.54, 1.807) is 26.5 Å². The highest BCUT2D eigenvalue weighted by Gasteiger charge is 2.51. The first-order valence-electron chi connectivity index (χ1n) is 6.76. The standard InChI is InChI=1S/C14H21F3O3Si/c1-5-19-21(4,20-6-2)12-9-7-8-11(10-12)13(3,18)14(15,16)17/h7-10,18H,5-6H2,1-4H3. The van der Waals surface area contributed by atoms with Crippen LogP contribution < -0.4 is 5.19 Å². The molecule has 120 valence electrons. The van der Waals surface area contributed by atoms with Crippen LogP contribution in [0.4, 0.5) is 13.2 Å². The summed E-state index contributed by atoms with van der Waals surface area (Å²) in [4.78, 5) is 0. The van der Waals surface area contributed by atoms with Crippen LogP contribution in [0, 0.1) is 0 Å². The molecule has 0 saturated heterocycles. The summed E-state index contributed by atoms with van der Waals surface area (Å²) in [5.74, 6) is 0. The van der Waals surface area contributed by atoms with Crippen molar-refractivity contribution in [1.82, 2.24) is 0 Å². The molecule has 0 aromatic heterocycles. The van der Waals surface area contributed by atoms with Crippen molar-refractivity contribution >= 4 is 13.7 Å². The third-order valence-corrected chi connectivity index (χ3v) is 6.38. The van der Waals surface area contributed by atoms with Crippen LogP contribution in [-0.2, 0) is 14.5 Å². The summed E-state index contributed by atoms with van der Waals surface area (Å²) in [6.45, 7) is 6.94. The highest BCUT2D eigenvalue weighted by molar-refractivity contribution is 6.80. The minimum absolute atomic E-state index is 0.217. The van der Waals surface area contributed by atoms with Gasteiger partial charge in [-0.15, -0.1) is 0 Å². The molecular formula is C14H21F3O3Si. The first-order valence-corrected chi connectivity index (χ1v) is 9.08. The van der Waals surface area contributed by atoms with Crippen LogP contribution in [0.15, 0.2) is 24.3 Å². The average Bonchev–Trinajstić information content (AvgIpc) is 2.38. The summed E-state index contributed by atoms with van der Waals surface area (Å²) in [6, 6.07) is 5.73. The molecule has 0 fully saturated rings. The Kier molecular flexibility index (Phi) is 5.60. The molecule has 0 aliphatic carbocycles. The molecule has 1 rings (SSSR count). The van der Waals surface area contributed by atoms with Crippen molar-refractivity contribution in [2.45, 2.75) is 39.1 Å². The molecule has 0 amide bonds. The average molecular weight is 322 g/mol. The maximum atomic E-state index is 12.9. The molecule has 0 aliphatic heterocycles. The van der Waals surface area contributed by atoms with E-state index in [-0.39, 0.29) is 5.56 Å². The monoisotopic (exact) mass is 322 g/mol. The Morgan fingerprint density at radius 3 is 2.10 bits per heavy atom. The fraction of sp³-hybridized carbons (Fsp3) is 0.571. The van der Waals surface area contributed by atoms with Gasteiger partial charge in [0, 0.05) is 13.2 Å². The molecule has 0 saturated carbocycles. The van der Waals surface area contributed by atoms with Crippen molar-refractivity contribution in [3.05, 3.63) is 29.8 Å². The van der Waals surface area contributed by atoms with Crippen LogP contribution in [0.2, 0.25) is 6.55 Å².